The number of anilines is 1. The molecule has 3 aromatic rings. The number of hydrazone groups is 1. The zero-order chi connectivity index (χ0) is 16.8. The molecule has 3 rings (SSSR count). The quantitative estimate of drug-likeness (QED) is 0.480. The van der Waals surface area contributed by atoms with Gasteiger partial charge in [0.05, 0.1) is 18.5 Å². The smallest absolute Gasteiger partial charge is 0.203 e. The predicted octanol–water partition coefficient (Wildman–Crippen LogP) is 5.31. The van der Waals surface area contributed by atoms with Gasteiger partial charge in [-0.25, -0.2) is 4.98 Å². The fourth-order valence-electron chi connectivity index (χ4n) is 2.13. The Morgan fingerprint density at radius 3 is 2.88 bits per heavy atom. The molecule has 1 heterocycles. The van der Waals surface area contributed by atoms with Crippen LogP contribution in [-0.2, 0) is 0 Å². The van der Waals surface area contributed by atoms with Gasteiger partial charge in [0.2, 0.25) is 5.13 Å². The van der Waals surface area contributed by atoms with Gasteiger partial charge in [-0.3, -0.25) is 5.43 Å². The largest absolute Gasteiger partial charge is 0.493 e. The third-order valence-electron chi connectivity index (χ3n) is 3.21. The first-order valence-corrected chi connectivity index (χ1v) is 8.74. The van der Waals surface area contributed by atoms with Crippen LogP contribution in [0.5, 0.6) is 5.75 Å². The highest BCUT2D eigenvalue weighted by Crippen LogP contribution is 2.25. The van der Waals surface area contributed by atoms with Crippen LogP contribution in [0.2, 0.25) is 5.02 Å². The van der Waals surface area contributed by atoms with Crippen molar-refractivity contribution in [3.8, 4) is 17.0 Å². The van der Waals surface area contributed by atoms with E-state index in [1.165, 1.54) is 11.3 Å². The van der Waals surface area contributed by atoms with Crippen LogP contribution < -0.4 is 10.2 Å². The van der Waals surface area contributed by atoms with Crippen LogP contribution in [0.15, 0.2) is 59.0 Å². The van der Waals surface area contributed by atoms with Crippen molar-refractivity contribution >= 4 is 34.3 Å². The van der Waals surface area contributed by atoms with Crippen LogP contribution in [0.4, 0.5) is 5.13 Å². The Morgan fingerprint density at radius 2 is 2.08 bits per heavy atom. The predicted molar refractivity (Wildman–Crippen MR) is 101 cm³/mol. The molecular formula is C18H16ClN3OS. The average molecular weight is 358 g/mol. The fourth-order valence-corrected chi connectivity index (χ4v) is 2.98. The lowest BCUT2D eigenvalue weighted by Crippen LogP contribution is -1.97. The normalized spacial score (nSPS) is 10.9. The molecule has 0 aliphatic carbocycles. The fraction of sp³-hybridized carbons (Fsp3) is 0.111. The molecule has 0 aliphatic heterocycles. The highest BCUT2D eigenvalue weighted by atomic mass is 35.5. The Hall–Kier alpha value is -2.37. The first kappa shape index (κ1) is 16.5. The van der Waals surface area contributed by atoms with Crippen molar-refractivity contribution in [3.63, 3.8) is 0 Å². The third-order valence-corrected chi connectivity index (χ3v) is 4.19. The Kier molecular flexibility index (Phi) is 5.46. The summed E-state index contributed by atoms with van der Waals surface area (Å²) in [5.74, 6) is 0.747. The average Bonchev–Trinajstić information content (AvgIpc) is 3.07. The third kappa shape index (κ3) is 4.13. The standard InChI is InChI=1S/C18H16ClN3OS/c1-2-23-17-9-8-15(19)10-14(17)11-20-22-18-21-16(12-24-18)13-6-4-3-5-7-13/h3-12H,2H2,1H3,(H,21,22). The summed E-state index contributed by atoms with van der Waals surface area (Å²) in [5.41, 5.74) is 5.78. The maximum absolute atomic E-state index is 6.04. The molecule has 122 valence electrons. The summed E-state index contributed by atoms with van der Waals surface area (Å²) in [4.78, 5) is 4.52. The summed E-state index contributed by atoms with van der Waals surface area (Å²) in [5, 5.41) is 7.60. The lowest BCUT2D eigenvalue weighted by atomic mass is 10.2. The molecule has 0 fully saturated rings. The topological polar surface area (TPSA) is 46.5 Å². The van der Waals surface area contributed by atoms with Crippen LogP contribution in [0.25, 0.3) is 11.3 Å². The van der Waals surface area contributed by atoms with E-state index in [0.717, 1.165) is 27.7 Å². The zero-order valence-electron chi connectivity index (χ0n) is 13.1. The van der Waals surface area contributed by atoms with Gasteiger partial charge in [-0.1, -0.05) is 41.9 Å². The monoisotopic (exact) mass is 357 g/mol. The van der Waals surface area contributed by atoms with E-state index >= 15 is 0 Å². The van der Waals surface area contributed by atoms with Gasteiger partial charge in [0.15, 0.2) is 0 Å². The van der Waals surface area contributed by atoms with E-state index < -0.39 is 0 Å². The Bertz CT molecular complexity index is 833. The summed E-state index contributed by atoms with van der Waals surface area (Å²) >= 11 is 7.54. The number of aromatic nitrogens is 1. The minimum absolute atomic E-state index is 0.586. The van der Waals surface area contributed by atoms with Crippen molar-refractivity contribution in [1.29, 1.82) is 0 Å². The van der Waals surface area contributed by atoms with Gasteiger partial charge in [-0.15, -0.1) is 11.3 Å². The number of nitrogens with zero attached hydrogens (tertiary/aromatic N) is 2. The number of hydrogen-bond donors (Lipinski definition) is 1. The molecule has 4 nitrogen and oxygen atoms in total. The van der Waals surface area contributed by atoms with Crippen molar-refractivity contribution in [2.45, 2.75) is 6.92 Å². The molecule has 0 unspecified atom stereocenters. The number of rotatable bonds is 6. The van der Waals surface area contributed by atoms with E-state index in [0.29, 0.717) is 11.6 Å². The van der Waals surface area contributed by atoms with Gasteiger partial charge in [0.1, 0.15) is 5.75 Å². The molecular weight excluding hydrogens is 342 g/mol. The summed E-state index contributed by atoms with van der Waals surface area (Å²) in [7, 11) is 0. The number of benzene rings is 2. The number of thiazole rings is 1. The molecule has 24 heavy (non-hydrogen) atoms. The molecule has 2 aromatic carbocycles. The Labute approximate surface area is 149 Å². The van der Waals surface area contributed by atoms with Crippen molar-refractivity contribution in [2.24, 2.45) is 5.10 Å². The Balaban J connectivity index is 1.71. The molecule has 0 saturated heterocycles. The van der Waals surface area contributed by atoms with E-state index in [2.05, 4.69) is 15.5 Å². The second kappa shape index (κ2) is 7.95. The number of hydrogen-bond acceptors (Lipinski definition) is 5. The maximum atomic E-state index is 6.04. The van der Waals surface area contributed by atoms with Gasteiger partial charge in [0, 0.05) is 21.5 Å². The lowest BCUT2D eigenvalue weighted by molar-refractivity contribution is 0.340. The molecule has 0 atom stereocenters. The summed E-state index contributed by atoms with van der Waals surface area (Å²) in [6, 6.07) is 15.5. The number of ether oxygens (including phenoxy) is 1. The van der Waals surface area contributed by atoms with Crippen LogP contribution >= 0.6 is 22.9 Å². The van der Waals surface area contributed by atoms with Crippen molar-refractivity contribution in [2.75, 3.05) is 12.0 Å². The van der Waals surface area contributed by atoms with Crippen molar-refractivity contribution < 1.29 is 4.74 Å². The lowest BCUT2D eigenvalue weighted by Gasteiger charge is -2.06. The van der Waals surface area contributed by atoms with Crippen molar-refractivity contribution in [1.82, 2.24) is 4.98 Å². The van der Waals surface area contributed by atoms with Crippen molar-refractivity contribution in [3.05, 3.63) is 64.5 Å². The van der Waals surface area contributed by atoms with Gasteiger partial charge >= 0.3 is 0 Å². The molecule has 6 heteroatoms. The van der Waals surface area contributed by atoms with Crippen LogP contribution in [-0.4, -0.2) is 17.8 Å². The van der Waals surface area contributed by atoms with Gasteiger partial charge < -0.3 is 4.74 Å². The van der Waals surface area contributed by atoms with E-state index in [-0.39, 0.29) is 0 Å². The van der Waals surface area contributed by atoms with Crippen LogP contribution in [0, 0.1) is 0 Å². The van der Waals surface area contributed by atoms with Gasteiger partial charge in [0.25, 0.3) is 0 Å². The maximum Gasteiger partial charge on any atom is 0.203 e. The van der Waals surface area contributed by atoms with E-state index in [1.807, 2.05) is 54.8 Å². The first-order valence-electron chi connectivity index (χ1n) is 7.48. The molecule has 1 aromatic heterocycles. The zero-order valence-corrected chi connectivity index (χ0v) is 14.6. The second-order valence-corrected chi connectivity index (χ2v) is 6.18. The minimum atomic E-state index is 0.586. The van der Waals surface area contributed by atoms with E-state index in [4.69, 9.17) is 16.3 Å². The molecule has 0 radical (unpaired) electrons. The molecule has 0 aliphatic rings. The second-order valence-electron chi connectivity index (χ2n) is 4.89. The van der Waals surface area contributed by atoms with E-state index in [9.17, 15) is 0 Å². The number of halogens is 1. The van der Waals surface area contributed by atoms with Gasteiger partial charge in [-0.05, 0) is 25.1 Å². The molecule has 0 saturated carbocycles. The SMILES string of the molecule is CCOc1ccc(Cl)cc1C=NNc1nc(-c2ccccc2)cs1. The Morgan fingerprint density at radius 1 is 1.25 bits per heavy atom. The van der Waals surface area contributed by atoms with Crippen LogP contribution in [0.1, 0.15) is 12.5 Å². The first-order chi connectivity index (χ1) is 11.8. The van der Waals surface area contributed by atoms with Crippen LogP contribution in [0.3, 0.4) is 0 Å². The molecule has 1 N–H and O–H groups in total. The molecule has 0 spiro atoms. The summed E-state index contributed by atoms with van der Waals surface area (Å²) in [6.45, 7) is 2.53. The summed E-state index contributed by atoms with van der Waals surface area (Å²) in [6.07, 6.45) is 1.68. The van der Waals surface area contributed by atoms with Gasteiger partial charge in [-0.2, -0.15) is 5.10 Å². The summed E-state index contributed by atoms with van der Waals surface area (Å²) < 4.78 is 5.57. The highest BCUT2D eigenvalue weighted by Gasteiger charge is 2.04. The molecule has 0 bridgehead atoms. The molecule has 0 amide bonds. The highest BCUT2D eigenvalue weighted by molar-refractivity contribution is 7.14. The van der Waals surface area contributed by atoms with E-state index in [1.54, 1.807) is 12.3 Å². The number of nitrogens with one attached hydrogen (secondary N) is 1. The minimum Gasteiger partial charge on any atom is -0.493 e.